The topological polar surface area (TPSA) is 114 Å². The lowest BCUT2D eigenvalue weighted by Crippen LogP contribution is -2.15. The molecule has 1 amide bonds. The predicted octanol–water partition coefficient (Wildman–Crippen LogP) is 1.89. The lowest BCUT2D eigenvalue weighted by Gasteiger charge is -2.07. The van der Waals surface area contributed by atoms with Crippen LogP contribution in [0.2, 0.25) is 0 Å². The van der Waals surface area contributed by atoms with Gasteiger partial charge in [-0.2, -0.15) is 0 Å². The third-order valence-electron chi connectivity index (χ3n) is 2.86. The van der Waals surface area contributed by atoms with E-state index in [1.807, 2.05) is 6.92 Å². The second-order valence-corrected chi connectivity index (χ2v) is 4.41. The molecule has 0 aliphatic heterocycles. The molecule has 0 aliphatic rings. The number of carbonyl (C=O) groups is 1. The van der Waals surface area contributed by atoms with E-state index in [-0.39, 0.29) is 17.2 Å². The number of amides is 1. The summed E-state index contributed by atoms with van der Waals surface area (Å²) < 4.78 is 0. The van der Waals surface area contributed by atoms with Gasteiger partial charge in [0.05, 0.1) is 4.92 Å². The van der Waals surface area contributed by atoms with Crippen molar-refractivity contribution in [3.05, 3.63) is 45.0 Å². The smallest absolute Gasteiger partial charge is 0.295 e. The van der Waals surface area contributed by atoms with Crippen molar-refractivity contribution in [2.75, 3.05) is 5.32 Å². The van der Waals surface area contributed by atoms with Crippen LogP contribution in [0.1, 0.15) is 27.6 Å². The lowest BCUT2D eigenvalue weighted by molar-refractivity contribution is -0.384. The van der Waals surface area contributed by atoms with E-state index in [0.717, 1.165) is 11.1 Å². The molecule has 0 radical (unpaired) electrons. The van der Waals surface area contributed by atoms with Gasteiger partial charge in [-0.25, -0.2) is 4.98 Å². The van der Waals surface area contributed by atoms with E-state index in [2.05, 4.69) is 20.5 Å². The van der Waals surface area contributed by atoms with Gasteiger partial charge in [-0.05, 0) is 38.0 Å². The number of aryl methyl sites for hydroxylation is 3. The van der Waals surface area contributed by atoms with E-state index in [0.29, 0.717) is 5.82 Å². The Morgan fingerprint density at radius 1 is 1.30 bits per heavy atom. The zero-order chi connectivity index (χ0) is 14.9. The first-order valence-corrected chi connectivity index (χ1v) is 5.84. The molecule has 0 fully saturated rings. The zero-order valence-corrected chi connectivity index (χ0v) is 11.2. The predicted molar refractivity (Wildman–Crippen MR) is 71.6 cm³/mol. The number of carbonyl (C=O) groups excluding carboxylic acids is 1. The summed E-state index contributed by atoms with van der Waals surface area (Å²) in [6.07, 6.45) is 0. The number of nitro benzene ring substituents is 1. The number of hydrogen-bond acceptors (Lipinski definition) is 5. The molecule has 0 unspecified atom stereocenters. The van der Waals surface area contributed by atoms with Gasteiger partial charge in [-0.1, -0.05) is 0 Å². The molecule has 2 aromatic rings. The molecule has 2 rings (SSSR count). The molecular formula is C12H13N5O3. The molecule has 0 aliphatic carbocycles. The van der Waals surface area contributed by atoms with Crippen molar-refractivity contribution in [2.24, 2.45) is 0 Å². The average molecular weight is 275 g/mol. The lowest BCUT2D eigenvalue weighted by atomic mass is 10.1. The number of nitrogens with one attached hydrogen (secondary N) is 2. The number of hydrogen-bond donors (Lipinski definition) is 2. The van der Waals surface area contributed by atoms with Crippen molar-refractivity contribution in [3.8, 4) is 0 Å². The molecule has 0 atom stereocenters. The van der Waals surface area contributed by atoms with Crippen molar-refractivity contribution in [1.82, 2.24) is 15.2 Å². The molecule has 20 heavy (non-hydrogen) atoms. The van der Waals surface area contributed by atoms with Crippen LogP contribution in [0.25, 0.3) is 0 Å². The van der Waals surface area contributed by atoms with E-state index in [9.17, 15) is 14.9 Å². The van der Waals surface area contributed by atoms with Crippen molar-refractivity contribution in [1.29, 1.82) is 0 Å². The first-order chi connectivity index (χ1) is 9.38. The maximum atomic E-state index is 11.9. The van der Waals surface area contributed by atoms with Gasteiger partial charge in [0.2, 0.25) is 5.82 Å². The Kier molecular flexibility index (Phi) is 3.47. The second-order valence-electron chi connectivity index (χ2n) is 4.41. The van der Waals surface area contributed by atoms with Crippen LogP contribution < -0.4 is 5.32 Å². The van der Waals surface area contributed by atoms with Gasteiger partial charge < -0.3 is 5.32 Å². The molecule has 0 saturated heterocycles. The van der Waals surface area contributed by atoms with Gasteiger partial charge in [0.25, 0.3) is 11.6 Å². The normalized spacial score (nSPS) is 10.3. The molecule has 1 aromatic heterocycles. The number of nitro groups is 1. The van der Waals surface area contributed by atoms with Crippen LogP contribution in [0.3, 0.4) is 0 Å². The summed E-state index contributed by atoms with van der Waals surface area (Å²) in [6.45, 7) is 5.24. The number of anilines is 1. The maximum absolute atomic E-state index is 11.9. The van der Waals surface area contributed by atoms with E-state index >= 15 is 0 Å². The molecule has 1 heterocycles. The minimum atomic E-state index is -0.597. The number of nitrogens with zero attached hydrogens (tertiary/aromatic N) is 3. The van der Waals surface area contributed by atoms with E-state index in [1.165, 1.54) is 6.07 Å². The Balaban J connectivity index is 2.35. The van der Waals surface area contributed by atoms with E-state index in [1.54, 1.807) is 19.9 Å². The fraction of sp³-hybridized carbons (Fsp3) is 0.250. The average Bonchev–Trinajstić information content (AvgIpc) is 2.80. The Morgan fingerprint density at radius 3 is 2.50 bits per heavy atom. The summed E-state index contributed by atoms with van der Waals surface area (Å²) in [4.78, 5) is 26.3. The quantitative estimate of drug-likeness (QED) is 0.655. The molecule has 104 valence electrons. The van der Waals surface area contributed by atoms with Gasteiger partial charge in [-0.15, -0.1) is 5.10 Å². The highest BCUT2D eigenvalue weighted by Gasteiger charge is 2.20. The highest BCUT2D eigenvalue weighted by molar-refractivity contribution is 6.02. The highest BCUT2D eigenvalue weighted by Crippen LogP contribution is 2.28. The maximum Gasteiger partial charge on any atom is 0.295 e. The van der Waals surface area contributed by atoms with Gasteiger partial charge in [0.1, 0.15) is 11.5 Å². The monoisotopic (exact) mass is 275 g/mol. The number of rotatable bonds is 3. The van der Waals surface area contributed by atoms with Gasteiger partial charge in [-0.3, -0.25) is 20.0 Å². The zero-order valence-electron chi connectivity index (χ0n) is 11.2. The minimum Gasteiger partial charge on any atom is -0.313 e. The number of H-pyrrole nitrogens is 1. The van der Waals surface area contributed by atoms with Crippen molar-refractivity contribution < 1.29 is 9.72 Å². The van der Waals surface area contributed by atoms with Crippen LogP contribution in [0.15, 0.2) is 12.1 Å². The number of aromatic amines is 1. The van der Waals surface area contributed by atoms with Crippen molar-refractivity contribution in [2.45, 2.75) is 20.8 Å². The van der Waals surface area contributed by atoms with Crippen LogP contribution in [-0.2, 0) is 0 Å². The van der Waals surface area contributed by atoms with Gasteiger partial charge in [0.15, 0.2) is 0 Å². The summed E-state index contributed by atoms with van der Waals surface area (Å²) in [6, 6.07) is 2.99. The summed E-state index contributed by atoms with van der Waals surface area (Å²) in [5, 5.41) is 19.7. The number of aromatic nitrogens is 3. The minimum absolute atomic E-state index is 0.0602. The Hall–Kier alpha value is -2.77. The largest absolute Gasteiger partial charge is 0.313 e. The first-order valence-electron chi connectivity index (χ1n) is 5.84. The van der Waals surface area contributed by atoms with Crippen LogP contribution in [-0.4, -0.2) is 26.0 Å². The number of benzene rings is 1. The Morgan fingerprint density at radius 2 is 1.95 bits per heavy atom. The summed E-state index contributed by atoms with van der Waals surface area (Å²) in [5.41, 5.74) is 1.60. The van der Waals surface area contributed by atoms with Crippen LogP contribution >= 0.6 is 0 Å². The fourth-order valence-corrected chi connectivity index (χ4v) is 1.67. The molecule has 1 aromatic carbocycles. The summed E-state index contributed by atoms with van der Waals surface area (Å²) >= 11 is 0. The standard InChI is InChI=1S/C12H13N5O3/c1-6-4-9(10(17(19)20)5-7(6)2)14-12(18)11-13-8(3)15-16-11/h4-5H,1-3H3,(H,14,18)(H,13,15,16). The molecule has 8 heteroatoms. The summed E-state index contributed by atoms with van der Waals surface area (Å²) in [7, 11) is 0. The Labute approximate surface area is 114 Å². The van der Waals surface area contributed by atoms with E-state index < -0.39 is 10.8 Å². The molecular weight excluding hydrogens is 262 g/mol. The SMILES string of the molecule is Cc1nc(C(=O)Nc2cc(C)c(C)cc2[N+](=O)[O-])n[nH]1. The fourth-order valence-electron chi connectivity index (χ4n) is 1.67. The van der Waals surface area contributed by atoms with E-state index in [4.69, 9.17) is 0 Å². The first kappa shape index (κ1) is 13.7. The molecule has 8 nitrogen and oxygen atoms in total. The summed E-state index contributed by atoms with van der Waals surface area (Å²) in [5.74, 6) is -0.166. The van der Waals surface area contributed by atoms with Crippen LogP contribution in [0, 0.1) is 30.9 Å². The van der Waals surface area contributed by atoms with Gasteiger partial charge >= 0.3 is 0 Å². The van der Waals surface area contributed by atoms with Gasteiger partial charge in [0, 0.05) is 6.07 Å². The molecule has 2 N–H and O–H groups in total. The molecule has 0 saturated carbocycles. The van der Waals surface area contributed by atoms with Crippen LogP contribution in [0.4, 0.5) is 11.4 Å². The third kappa shape index (κ3) is 2.63. The van der Waals surface area contributed by atoms with Crippen molar-refractivity contribution >= 4 is 17.3 Å². The molecule has 0 spiro atoms. The van der Waals surface area contributed by atoms with Crippen molar-refractivity contribution in [3.63, 3.8) is 0 Å². The molecule has 0 bridgehead atoms. The Bertz CT molecular complexity index is 692. The third-order valence-corrected chi connectivity index (χ3v) is 2.86. The highest BCUT2D eigenvalue weighted by atomic mass is 16.6. The second kappa shape index (κ2) is 5.08. The van der Waals surface area contributed by atoms with Crippen LogP contribution in [0.5, 0.6) is 0 Å².